The molecule has 1 heterocycles. The fraction of sp³-hybridized carbons (Fsp3) is 0.308. The third-order valence-electron chi connectivity index (χ3n) is 2.63. The fourth-order valence-electron chi connectivity index (χ4n) is 1.71. The topological polar surface area (TPSA) is 45.1 Å². The van der Waals surface area contributed by atoms with E-state index in [0.717, 1.165) is 16.6 Å². The predicted octanol–water partition coefficient (Wildman–Crippen LogP) is 1.88. The van der Waals surface area contributed by atoms with E-state index in [9.17, 15) is 0 Å². The van der Waals surface area contributed by atoms with Gasteiger partial charge in [-0.3, -0.25) is 4.98 Å². The smallest absolute Gasteiger partial charge is 0.0706 e. The van der Waals surface area contributed by atoms with Crippen molar-refractivity contribution in [1.82, 2.24) is 10.3 Å². The summed E-state index contributed by atoms with van der Waals surface area (Å²) in [6.07, 6.45) is 0. The molecule has 0 radical (unpaired) electrons. The van der Waals surface area contributed by atoms with Gasteiger partial charge in [-0.05, 0) is 19.1 Å². The molecule has 0 aliphatic heterocycles. The third kappa shape index (κ3) is 2.38. The molecule has 84 valence electrons. The van der Waals surface area contributed by atoms with Crippen molar-refractivity contribution in [3.8, 4) is 0 Å². The Morgan fingerprint density at radius 1 is 1.25 bits per heavy atom. The van der Waals surface area contributed by atoms with Crippen molar-refractivity contribution < 1.29 is 5.11 Å². The van der Waals surface area contributed by atoms with Gasteiger partial charge in [-0.2, -0.15) is 0 Å². The molecule has 0 aliphatic carbocycles. The zero-order chi connectivity index (χ0) is 11.4. The van der Waals surface area contributed by atoms with E-state index in [1.807, 2.05) is 31.2 Å². The summed E-state index contributed by atoms with van der Waals surface area (Å²) < 4.78 is 0. The maximum Gasteiger partial charge on any atom is 0.0706 e. The summed E-state index contributed by atoms with van der Waals surface area (Å²) in [4.78, 5) is 4.58. The van der Waals surface area contributed by atoms with Crippen molar-refractivity contribution in [3.05, 3.63) is 42.1 Å². The van der Waals surface area contributed by atoms with Crippen LogP contribution in [0.4, 0.5) is 0 Å². The van der Waals surface area contributed by atoms with Gasteiger partial charge in [0.15, 0.2) is 0 Å². The largest absolute Gasteiger partial charge is 0.395 e. The molecule has 1 aromatic carbocycles. The molecule has 16 heavy (non-hydrogen) atoms. The number of nitrogens with one attached hydrogen (secondary N) is 1. The monoisotopic (exact) mass is 216 g/mol. The van der Waals surface area contributed by atoms with E-state index in [-0.39, 0.29) is 12.6 Å². The van der Waals surface area contributed by atoms with Crippen LogP contribution in [-0.2, 0) is 0 Å². The molecule has 0 aliphatic rings. The quantitative estimate of drug-likeness (QED) is 0.820. The van der Waals surface area contributed by atoms with Crippen LogP contribution in [0.25, 0.3) is 10.9 Å². The molecule has 1 aromatic heterocycles. The standard InChI is InChI=1S/C13H16N2O/c1-10(14-8-9-16)12-7-6-11-4-2-3-5-13(11)15-12/h2-7,10,14,16H,8-9H2,1H3. The highest BCUT2D eigenvalue weighted by Gasteiger charge is 2.06. The van der Waals surface area contributed by atoms with Crippen molar-refractivity contribution in [2.45, 2.75) is 13.0 Å². The molecule has 0 bridgehead atoms. The molecule has 0 amide bonds. The van der Waals surface area contributed by atoms with E-state index in [4.69, 9.17) is 5.11 Å². The number of nitrogens with zero attached hydrogens (tertiary/aromatic N) is 1. The van der Waals surface area contributed by atoms with Crippen LogP contribution < -0.4 is 5.32 Å². The van der Waals surface area contributed by atoms with Gasteiger partial charge in [0, 0.05) is 18.0 Å². The number of benzene rings is 1. The Morgan fingerprint density at radius 2 is 2.06 bits per heavy atom. The zero-order valence-electron chi connectivity index (χ0n) is 9.35. The van der Waals surface area contributed by atoms with E-state index < -0.39 is 0 Å². The molecule has 1 unspecified atom stereocenters. The Kier molecular flexibility index (Phi) is 3.49. The molecular formula is C13H16N2O. The van der Waals surface area contributed by atoms with Crippen LogP contribution in [0, 0.1) is 0 Å². The first-order chi connectivity index (χ1) is 7.81. The summed E-state index contributed by atoms with van der Waals surface area (Å²) in [5.74, 6) is 0. The molecule has 0 saturated heterocycles. The van der Waals surface area contributed by atoms with Crippen molar-refractivity contribution in [2.75, 3.05) is 13.2 Å². The van der Waals surface area contributed by atoms with Gasteiger partial charge in [0.1, 0.15) is 0 Å². The van der Waals surface area contributed by atoms with E-state index >= 15 is 0 Å². The molecule has 0 spiro atoms. The van der Waals surface area contributed by atoms with Crippen LogP contribution in [-0.4, -0.2) is 23.2 Å². The van der Waals surface area contributed by atoms with Crippen LogP contribution >= 0.6 is 0 Å². The van der Waals surface area contributed by atoms with Gasteiger partial charge in [-0.15, -0.1) is 0 Å². The summed E-state index contributed by atoms with van der Waals surface area (Å²) >= 11 is 0. The summed E-state index contributed by atoms with van der Waals surface area (Å²) in [6.45, 7) is 2.79. The van der Waals surface area contributed by atoms with E-state index in [2.05, 4.69) is 22.4 Å². The van der Waals surface area contributed by atoms with E-state index in [1.165, 1.54) is 0 Å². The summed E-state index contributed by atoms with van der Waals surface area (Å²) in [5, 5.41) is 13.1. The second-order valence-corrected chi connectivity index (χ2v) is 3.83. The Labute approximate surface area is 95.1 Å². The van der Waals surface area contributed by atoms with Gasteiger partial charge < -0.3 is 10.4 Å². The normalized spacial score (nSPS) is 12.9. The molecular weight excluding hydrogens is 200 g/mol. The number of hydrogen-bond acceptors (Lipinski definition) is 3. The van der Waals surface area contributed by atoms with Crippen molar-refractivity contribution in [3.63, 3.8) is 0 Å². The lowest BCUT2D eigenvalue weighted by Gasteiger charge is -2.12. The molecule has 2 N–H and O–H groups in total. The summed E-state index contributed by atoms with van der Waals surface area (Å²) in [6, 6.07) is 12.3. The summed E-state index contributed by atoms with van der Waals surface area (Å²) in [5.41, 5.74) is 2.02. The highest BCUT2D eigenvalue weighted by molar-refractivity contribution is 5.78. The number of rotatable bonds is 4. The molecule has 3 heteroatoms. The minimum atomic E-state index is 0.151. The average molecular weight is 216 g/mol. The van der Waals surface area contributed by atoms with Crippen molar-refractivity contribution >= 4 is 10.9 Å². The van der Waals surface area contributed by atoms with Crippen LogP contribution in [0.15, 0.2) is 36.4 Å². The maximum atomic E-state index is 8.75. The molecule has 2 rings (SSSR count). The average Bonchev–Trinajstić information content (AvgIpc) is 2.35. The first-order valence-corrected chi connectivity index (χ1v) is 5.51. The Morgan fingerprint density at radius 3 is 2.88 bits per heavy atom. The van der Waals surface area contributed by atoms with Gasteiger partial charge in [-0.25, -0.2) is 0 Å². The van der Waals surface area contributed by atoms with Crippen molar-refractivity contribution in [1.29, 1.82) is 0 Å². The van der Waals surface area contributed by atoms with Gasteiger partial charge in [0.25, 0.3) is 0 Å². The number of aromatic nitrogens is 1. The Bertz CT molecular complexity index is 470. The van der Waals surface area contributed by atoms with Crippen LogP contribution in [0.1, 0.15) is 18.7 Å². The molecule has 0 saturated carbocycles. The third-order valence-corrected chi connectivity index (χ3v) is 2.63. The summed E-state index contributed by atoms with van der Waals surface area (Å²) in [7, 11) is 0. The van der Waals surface area contributed by atoms with E-state index in [0.29, 0.717) is 6.54 Å². The molecule has 3 nitrogen and oxygen atoms in total. The first-order valence-electron chi connectivity index (χ1n) is 5.51. The second kappa shape index (κ2) is 5.05. The lowest BCUT2D eigenvalue weighted by molar-refractivity contribution is 0.286. The lowest BCUT2D eigenvalue weighted by atomic mass is 10.1. The van der Waals surface area contributed by atoms with E-state index in [1.54, 1.807) is 0 Å². The molecule has 1 atom stereocenters. The Hall–Kier alpha value is -1.45. The number of para-hydroxylation sites is 1. The minimum absolute atomic E-state index is 0.151. The van der Waals surface area contributed by atoms with Crippen LogP contribution in [0.5, 0.6) is 0 Å². The van der Waals surface area contributed by atoms with Crippen LogP contribution in [0.3, 0.4) is 0 Å². The number of pyridine rings is 1. The highest BCUT2D eigenvalue weighted by Crippen LogP contribution is 2.15. The van der Waals surface area contributed by atoms with Crippen molar-refractivity contribution in [2.24, 2.45) is 0 Å². The molecule has 0 fully saturated rings. The number of fused-ring (bicyclic) bond motifs is 1. The first kappa shape index (κ1) is 11.0. The molecule has 2 aromatic rings. The fourth-order valence-corrected chi connectivity index (χ4v) is 1.71. The number of aliphatic hydroxyl groups excluding tert-OH is 1. The van der Waals surface area contributed by atoms with Crippen LogP contribution in [0.2, 0.25) is 0 Å². The maximum absolute atomic E-state index is 8.75. The second-order valence-electron chi connectivity index (χ2n) is 3.83. The number of hydrogen-bond donors (Lipinski definition) is 2. The van der Waals surface area contributed by atoms with Gasteiger partial charge in [0.05, 0.1) is 17.8 Å². The zero-order valence-corrected chi connectivity index (χ0v) is 9.35. The number of aliphatic hydroxyl groups is 1. The Balaban J connectivity index is 2.25. The van der Waals surface area contributed by atoms with Gasteiger partial charge >= 0.3 is 0 Å². The van der Waals surface area contributed by atoms with Gasteiger partial charge in [-0.1, -0.05) is 24.3 Å². The SMILES string of the molecule is CC(NCCO)c1ccc2ccccc2n1. The minimum Gasteiger partial charge on any atom is -0.395 e. The highest BCUT2D eigenvalue weighted by atomic mass is 16.3. The van der Waals surface area contributed by atoms with Gasteiger partial charge in [0.2, 0.25) is 0 Å². The predicted molar refractivity (Wildman–Crippen MR) is 65.2 cm³/mol. The lowest BCUT2D eigenvalue weighted by Crippen LogP contribution is -2.22.